The maximum absolute atomic E-state index is 12.5. The zero-order valence-corrected chi connectivity index (χ0v) is 21.8. The predicted octanol–water partition coefficient (Wildman–Crippen LogP) is 2.62. The summed E-state index contributed by atoms with van der Waals surface area (Å²) in [5, 5.41) is 14.8. The van der Waals surface area contributed by atoms with Gasteiger partial charge in [-0.15, -0.1) is 0 Å². The summed E-state index contributed by atoms with van der Waals surface area (Å²) in [7, 11) is 1.64. The summed E-state index contributed by atoms with van der Waals surface area (Å²) in [4.78, 5) is 25.1. The van der Waals surface area contributed by atoms with Gasteiger partial charge in [-0.05, 0) is 61.3 Å². The van der Waals surface area contributed by atoms with Crippen LogP contribution in [0.4, 0.5) is 5.69 Å². The molecule has 2 aromatic carbocycles. The zero-order valence-electron chi connectivity index (χ0n) is 21.0. The van der Waals surface area contributed by atoms with E-state index < -0.39 is 5.60 Å². The van der Waals surface area contributed by atoms with Gasteiger partial charge in [-0.1, -0.05) is 30.3 Å². The van der Waals surface area contributed by atoms with E-state index in [0.29, 0.717) is 79.3 Å². The molecule has 2 aliphatic heterocycles. The topological polar surface area (TPSA) is 133 Å². The third kappa shape index (κ3) is 6.12. The Balaban J connectivity index is 1.33. The number of benzene rings is 2. The summed E-state index contributed by atoms with van der Waals surface area (Å²) in [5.41, 5.74) is 13.7. The molecule has 2 saturated heterocycles. The summed E-state index contributed by atoms with van der Waals surface area (Å²) in [6, 6.07) is 14.4. The fourth-order valence-corrected chi connectivity index (χ4v) is 4.76. The average Bonchev–Trinajstić information content (AvgIpc) is 2.87. The molecule has 196 valence electrons. The minimum Gasteiger partial charge on any atom is -0.385 e. The highest BCUT2D eigenvalue weighted by molar-refractivity contribution is 6.30. The number of piperidine rings is 1. The Morgan fingerprint density at radius 2 is 1.76 bits per heavy atom. The molecule has 9 nitrogen and oxygen atoms in total. The van der Waals surface area contributed by atoms with E-state index in [1.165, 1.54) is 0 Å². The van der Waals surface area contributed by atoms with Gasteiger partial charge in [-0.2, -0.15) is 4.99 Å². The van der Waals surface area contributed by atoms with Gasteiger partial charge in [0.25, 0.3) is 5.91 Å². The molecule has 2 aromatic rings. The molecular formula is C27H34ClN7O2. The molecule has 0 bridgehead atoms. The number of likely N-dealkylation sites (tertiary alicyclic amines) is 2. The summed E-state index contributed by atoms with van der Waals surface area (Å²) >= 11 is 5.99. The van der Waals surface area contributed by atoms with Crippen LogP contribution in [0.25, 0.3) is 0 Å². The van der Waals surface area contributed by atoms with Crippen molar-refractivity contribution in [1.29, 1.82) is 0 Å². The summed E-state index contributed by atoms with van der Waals surface area (Å²) in [6.07, 6.45) is 1.08. The Morgan fingerprint density at radius 3 is 2.32 bits per heavy atom. The van der Waals surface area contributed by atoms with Crippen LogP contribution < -0.4 is 16.8 Å². The van der Waals surface area contributed by atoms with Crippen molar-refractivity contribution < 1.29 is 9.90 Å². The first kappa shape index (κ1) is 26.7. The smallest absolute Gasteiger partial charge is 0.253 e. The van der Waals surface area contributed by atoms with Crippen LogP contribution in [0.1, 0.15) is 28.8 Å². The highest BCUT2D eigenvalue weighted by Crippen LogP contribution is 2.34. The quantitative estimate of drug-likeness (QED) is 0.340. The number of aliphatic imine (C=N–C) groups is 2. The second-order valence-electron chi connectivity index (χ2n) is 9.53. The number of nitrogens with one attached hydrogen (secondary N) is 1. The maximum atomic E-state index is 12.5. The van der Waals surface area contributed by atoms with Crippen LogP contribution in [-0.2, 0) is 5.60 Å². The lowest BCUT2D eigenvalue weighted by Gasteiger charge is -2.40. The van der Waals surface area contributed by atoms with Crippen LogP contribution in [0.5, 0.6) is 0 Å². The van der Waals surface area contributed by atoms with Crippen molar-refractivity contribution in [3.05, 3.63) is 77.0 Å². The molecule has 6 N–H and O–H groups in total. The highest BCUT2D eigenvalue weighted by Gasteiger charge is 2.35. The Morgan fingerprint density at radius 1 is 1.14 bits per heavy atom. The van der Waals surface area contributed by atoms with E-state index in [1.807, 2.05) is 12.1 Å². The molecule has 0 aliphatic carbocycles. The lowest BCUT2D eigenvalue weighted by molar-refractivity contribution is -0.0173. The van der Waals surface area contributed by atoms with Crippen molar-refractivity contribution in [2.75, 3.05) is 45.1 Å². The summed E-state index contributed by atoms with van der Waals surface area (Å²) in [5.74, 6) is 0.953. The number of rotatable bonds is 6. The van der Waals surface area contributed by atoms with E-state index in [9.17, 15) is 9.90 Å². The van der Waals surface area contributed by atoms with Crippen molar-refractivity contribution in [3.63, 3.8) is 0 Å². The lowest BCUT2D eigenvalue weighted by atomic mass is 9.84. The second-order valence-corrected chi connectivity index (χ2v) is 9.97. The van der Waals surface area contributed by atoms with Crippen LogP contribution in [0.2, 0.25) is 5.02 Å². The number of amidine groups is 1. The van der Waals surface area contributed by atoms with Crippen LogP contribution in [0, 0.1) is 5.92 Å². The third-order valence-corrected chi connectivity index (χ3v) is 7.28. The monoisotopic (exact) mass is 523 g/mol. The van der Waals surface area contributed by atoms with E-state index in [0.717, 1.165) is 5.56 Å². The number of carbonyl (C=O) groups is 1. The Labute approximate surface area is 222 Å². The highest BCUT2D eigenvalue weighted by atomic mass is 35.5. The minimum atomic E-state index is -0.913. The zero-order chi connectivity index (χ0) is 26.6. The molecule has 0 atom stereocenters. The molecule has 1 amide bonds. The molecule has 0 spiro atoms. The van der Waals surface area contributed by atoms with Crippen LogP contribution in [0.15, 0.2) is 70.8 Å². The van der Waals surface area contributed by atoms with E-state index in [-0.39, 0.29) is 11.9 Å². The van der Waals surface area contributed by atoms with Crippen LogP contribution >= 0.6 is 11.6 Å². The molecule has 2 heterocycles. The molecule has 2 aliphatic rings. The van der Waals surface area contributed by atoms with E-state index in [2.05, 4.69) is 26.8 Å². The normalized spacial score (nSPS) is 18.4. The average molecular weight is 524 g/mol. The number of amides is 1. The van der Waals surface area contributed by atoms with E-state index in [4.69, 9.17) is 23.1 Å². The Hall–Kier alpha value is -3.40. The Bertz CT molecular complexity index is 1180. The number of carbonyl (C=O) groups excluding carboxylic acids is 1. The maximum Gasteiger partial charge on any atom is 0.253 e. The number of hydrogen-bond donors (Lipinski definition) is 4. The third-order valence-electron chi connectivity index (χ3n) is 7.03. The predicted molar refractivity (Wildman–Crippen MR) is 149 cm³/mol. The van der Waals surface area contributed by atoms with Crippen LogP contribution in [0.3, 0.4) is 0 Å². The van der Waals surface area contributed by atoms with Gasteiger partial charge in [-0.25, -0.2) is 0 Å². The first-order valence-electron chi connectivity index (χ1n) is 12.3. The number of guanidine groups is 1. The van der Waals surface area contributed by atoms with Crippen molar-refractivity contribution in [3.8, 4) is 0 Å². The molecule has 10 heteroatoms. The van der Waals surface area contributed by atoms with Crippen LogP contribution in [-0.4, -0.2) is 72.4 Å². The lowest BCUT2D eigenvalue weighted by Crippen LogP contribution is -2.52. The fourth-order valence-electron chi connectivity index (χ4n) is 4.63. The molecule has 0 radical (unpaired) electrons. The van der Waals surface area contributed by atoms with Gasteiger partial charge in [0.2, 0.25) is 0 Å². The van der Waals surface area contributed by atoms with Gasteiger partial charge in [0.1, 0.15) is 0 Å². The summed E-state index contributed by atoms with van der Waals surface area (Å²) < 4.78 is 0. The summed E-state index contributed by atoms with van der Waals surface area (Å²) in [6.45, 7) is 7.37. The molecule has 2 fully saturated rings. The molecule has 0 saturated carbocycles. The van der Waals surface area contributed by atoms with Crippen molar-refractivity contribution in [2.45, 2.75) is 18.4 Å². The van der Waals surface area contributed by atoms with E-state index in [1.54, 1.807) is 48.3 Å². The van der Waals surface area contributed by atoms with Crippen molar-refractivity contribution >= 4 is 35.0 Å². The molecule has 0 aromatic heterocycles. The number of nitrogens with two attached hydrogens (primary N) is 2. The Kier molecular flexibility index (Phi) is 8.16. The number of anilines is 1. The molecule has 37 heavy (non-hydrogen) atoms. The number of halogens is 1. The molecular weight excluding hydrogens is 490 g/mol. The first-order chi connectivity index (χ1) is 17.7. The van der Waals surface area contributed by atoms with Crippen molar-refractivity contribution in [1.82, 2.24) is 9.80 Å². The molecule has 4 rings (SSSR count). The number of aliphatic hydroxyl groups is 1. The molecule has 0 unspecified atom stereocenters. The fraction of sp³-hybridized carbons (Fsp3) is 0.370. The van der Waals surface area contributed by atoms with E-state index >= 15 is 0 Å². The van der Waals surface area contributed by atoms with Gasteiger partial charge < -0.3 is 31.7 Å². The largest absolute Gasteiger partial charge is 0.385 e. The van der Waals surface area contributed by atoms with Gasteiger partial charge in [0.05, 0.1) is 11.3 Å². The van der Waals surface area contributed by atoms with Gasteiger partial charge in [0, 0.05) is 55.4 Å². The number of nitrogens with zero attached hydrogens (tertiary/aromatic N) is 4. The minimum absolute atomic E-state index is 0.000849. The number of hydrogen-bond acceptors (Lipinski definition) is 5. The second kappa shape index (κ2) is 11.3. The van der Waals surface area contributed by atoms with Crippen molar-refractivity contribution in [2.24, 2.45) is 27.4 Å². The van der Waals surface area contributed by atoms with Gasteiger partial charge >= 0.3 is 0 Å². The first-order valence-corrected chi connectivity index (χ1v) is 12.7. The van der Waals surface area contributed by atoms with Gasteiger partial charge in [-0.3, -0.25) is 9.79 Å². The SMILES string of the molecule is C=C(C(N=C(N)Nc1ccc(C(=O)N2CC(CN)C2)cc1)=NC)N1CCC(O)(c2ccc(Cl)cc2)CC1. The standard InChI is InChI=1S/C27H34ClN7O2/c1-18(34-13-11-27(37,12-14-34)21-5-7-22(28)8-6-21)24(31-2)33-26(30)32-23-9-3-20(4-10-23)25(36)35-16-19(15-29)17-35/h3-10,19,37H,1,11-17,29H2,2H3,(H3,30,31,32,33). The van der Waals surface area contributed by atoms with Gasteiger partial charge in [0.15, 0.2) is 11.8 Å².